The molecule has 0 radical (unpaired) electrons. The monoisotopic (exact) mass is 426 g/mol. The largest absolute Gasteiger partial charge is 0.497 e. The maximum atomic E-state index is 13.0. The Kier molecular flexibility index (Phi) is 7.09. The first-order chi connectivity index (χ1) is 15.0. The van der Waals surface area contributed by atoms with Gasteiger partial charge in [0.2, 0.25) is 0 Å². The predicted molar refractivity (Wildman–Crippen MR) is 118 cm³/mol. The second-order valence-corrected chi connectivity index (χ2v) is 6.85. The zero-order valence-corrected chi connectivity index (χ0v) is 18.0. The number of benzene rings is 2. The van der Waals surface area contributed by atoms with E-state index in [1.807, 2.05) is 6.07 Å². The number of hydrogen-bond donors (Lipinski definition) is 1. The highest BCUT2D eigenvalue weighted by molar-refractivity contribution is 5.91. The van der Waals surface area contributed by atoms with Gasteiger partial charge in [0.15, 0.2) is 0 Å². The highest BCUT2D eigenvalue weighted by Crippen LogP contribution is 2.29. The fraction of sp³-hybridized carbons (Fsp3) is 0.318. The van der Waals surface area contributed by atoms with E-state index in [9.17, 15) is 9.59 Å². The molecule has 3 rings (SSSR count). The zero-order valence-electron chi connectivity index (χ0n) is 18.0. The van der Waals surface area contributed by atoms with Gasteiger partial charge in [-0.15, -0.1) is 0 Å². The van der Waals surface area contributed by atoms with E-state index >= 15 is 0 Å². The zero-order chi connectivity index (χ0) is 22.4. The number of rotatable bonds is 8. The number of nitrogens with zero attached hydrogens (tertiary/aromatic N) is 3. The molecule has 31 heavy (non-hydrogen) atoms. The van der Waals surface area contributed by atoms with Crippen LogP contribution in [0, 0.1) is 0 Å². The fourth-order valence-electron chi connectivity index (χ4n) is 3.15. The van der Waals surface area contributed by atoms with Crippen LogP contribution in [0.4, 0.5) is 10.5 Å². The molecule has 0 saturated heterocycles. The summed E-state index contributed by atoms with van der Waals surface area (Å²) in [6.45, 7) is 0.813. The van der Waals surface area contributed by atoms with Gasteiger partial charge in [0, 0.05) is 20.2 Å². The summed E-state index contributed by atoms with van der Waals surface area (Å²) >= 11 is 0. The average molecular weight is 426 g/mol. The highest BCUT2D eigenvalue weighted by atomic mass is 16.5. The maximum absolute atomic E-state index is 13.0. The normalized spacial score (nSPS) is 10.7. The topological polar surface area (TPSA) is 94.9 Å². The highest BCUT2D eigenvalue weighted by Gasteiger charge is 2.17. The van der Waals surface area contributed by atoms with Crippen LogP contribution < -0.4 is 20.3 Å². The number of carbonyl (C=O) groups excluding carboxylic acids is 1. The second-order valence-electron chi connectivity index (χ2n) is 6.85. The quantitative estimate of drug-likeness (QED) is 0.595. The molecule has 0 bridgehead atoms. The molecule has 0 atom stereocenters. The number of anilines is 1. The lowest BCUT2D eigenvalue weighted by Crippen LogP contribution is -2.35. The van der Waals surface area contributed by atoms with E-state index in [2.05, 4.69) is 10.3 Å². The van der Waals surface area contributed by atoms with Gasteiger partial charge in [-0.3, -0.25) is 9.36 Å². The summed E-state index contributed by atoms with van der Waals surface area (Å²) in [5, 5.41) is 3.34. The molecule has 0 aliphatic rings. The van der Waals surface area contributed by atoms with E-state index in [1.54, 1.807) is 62.2 Å². The van der Waals surface area contributed by atoms with Crippen LogP contribution in [0.5, 0.6) is 11.5 Å². The predicted octanol–water partition coefficient (Wildman–Crippen LogP) is 2.72. The first-order valence-electron chi connectivity index (χ1n) is 9.70. The number of carbonyl (C=O) groups is 1. The van der Waals surface area contributed by atoms with Crippen molar-refractivity contribution < 1.29 is 19.0 Å². The Bertz CT molecular complexity index is 1130. The van der Waals surface area contributed by atoms with Crippen LogP contribution in [-0.4, -0.2) is 55.5 Å². The molecule has 0 aliphatic heterocycles. The standard InChI is InChI=1S/C22H26N4O5/c1-25(22(28)24-18-13-15(30-3)9-10-19(18)31-4)14-20-23-17-8-6-5-7-16(17)21(27)26(20)11-12-29-2/h5-10,13H,11-12,14H2,1-4H3,(H,24,28). The molecule has 2 aromatic carbocycles. The van der Waals surface area contributed by atoms with Crippen molar-refractivity contribution in [1.29, 1.82) is 0 Å². The molecule has 1 aromatic heterocycles. The number of para-hydroxylation sites is 1. The summed E-state index contributed by atoms with van der Waals surface area (Å²) in [6, 6.07) is 11.9. The van der Waals surface area contributed by atoms with Crippen molar-refractivity contribution in [3.05, 3.63) is 58.6 Å². The average Bonchev–Trinajstić information content (AvgIpc) is 2.78. The lowest BCUT2D eigenvalue weighted by Gasteiger charge is -2.21. The van der Waals surface area contributed by atoms with Gasteiger partial charge in [0.1, 0.15) is 17.3 Å². The Hall–Kier alpha value is -3.59. The van der Waals surface area contributed by atoms with Gasteiger partial charge >= 0.3 is 6.03 Å². The van der Waals surface area contributed by atoms with Crippen LogP contribution in [0.1, 0.15) is 5.82 Å². The van der Waals surface area contributed by atoms with E-state index < -0.39 is 0 Å². The Morgan fingerprint density at radius 2 is 1.90 bits per heavy atom. The summed E-state index contributed by atoms with van der Waals surface area (Å²) in [5.74, 6) is 1.56. The molecule has 1 heterocycles. The van der Waals surface area contributed by atoms with Crippen LogP contribution in [0.15, 0.2) is 47.3 Å². The van der Waals surface area contributed by atoms with Gasteiger partial charge in [-0.05, 0) is 24.3 Å². The van der Waals surface area contributed by atoms with Crippen LogP contribution >= 0.6 is 0 Å². The molecule has 0 unspecified atom stereocenters. The minimum atomic E-state index is -0.382. The molecule has 9 heteroatoms. The molecule has 9 nitrogen and oxygen atoms in total. The third-order valence-electron chi connectivity index (χ3n) is 4.83. The van der Waals surface area contributed by atoms with E-state index in [4.69, 9.17) is 14.2 Å². The van der Waals surface area contributed by atoms with Gasteiger partial charge in [-0.2, -0.15) is 0 Å². The van der Waals surface area contributed by atoms with Crippen LogP contribution in [0.2, 0.25) is 0 Å². The minimum Gasteiger partial charge on any atom is -0.497 e. The van der Waals surface area contributed by atoms with Crippen molar-refractivity contribution in [2.24, 2.45) is 0 Å². The number of aromatic nitrogens is 2. The molecule has 2 amide bonds. The number of nitrogens with one attached hydrogen (secondary N) is 1. The van der Waals surface area contributed by atoms with Crippen molar-refractivity contribution >= 4 is 22.6 Å². The Morgan fingerprint density at radius 3 is 2.61 bits per heavy atom. The summed E-state index contributed by atoms with van der Waals surface area (Å²) in [7, 11) is 6.27. The molecule has 164 valence electrons. The second kappa shape index (κ2) is 9.94. The van der Waals surface area contributed by atoms with Crippen LogP contribution in [0.25, 0.3) is 10.9 Å². The summed E-state index contributed by atoms with van der Waals surface area (Å²) in [5.41, 5.74) is 0.891. The molecule has 0 saturated carbocycles. The van der Waals surface area contributed by atoms with Gasteiger partial charge in [-0.25, -0.2) is 9.78 Å². The number of ether oxygens (including phenoxy) is 3. The summed E-state index contributed by atoms with van der Waals surface area (Å²) in [4.78, 5) is 31.9. The van der Waals surface area contributed by atoms with Crippen molar-refractivity contribution in [2.75, 3.05) is 40.3 Å². The molecule has 1 N–H and O–H groups in total. The number of methoxy groups -OCH3 is 3. The van der Waals surface area contributed by atoms with E-state index in [0.717, 1.165) is 0 Å². The molecular formula is C22H26N4O5. The summed E-state index contributed by atoms with van der Waals surface area (Å²) in [6.07, 6.45) is 0. The molecular weight excluding hydrogens is 400 g/mol. The van der Waals surface area contributed by atoms with Crippen molar-refractivity contribution in [2.45, 2.75) is 13.1 Å². The third kappa shape index (κ3) is 4.95. The van der Waals surface area contributed by atoms with Crippen molar-refractivity contribution in [3.8, 4) is 11.5 Å². The third-order valence-corrected chi connectivity index (χ3v) is 4.83. The van der Waals surface area contributed by atoms with Crippen LogP contribution in [-0.2, 0) is 17.8 Å². The lowest BCUT2D eigenvalue weighted by atomic mass is 10.2. The van der Waals surface area contributed by atoms with Crippen LogP contribution in [0.3, 0.4) is 0 Å². The Balaban J connectivity index is 1.88. The maximum Gasteiger partial charge on any atom is 0.322 e. The van der Waals surface area contributed by atoms with Gasteiger partial charge in [0.25, 0.3) is 5.56 Å². The van der Waals surface area contributed by atoms with E-state index in [-0.39, 0.29) is 18.1 Å². The first kappa shape index (κ1) is 22.1. The summed E-state index contributed by atoms with van der Waals surface area (Å²) < 4.78 is 17.2. The molecule has 0 spiro atoms. The minimum absolute atomic E-state index is 0.127. The molecule has 0 fully saturated rings. The number of amides is 2. The number of fused-ring (bicyclic) bond motifs is 1. The van der Waals surface area contributed by atoms with Gasteiger partial charge in [0.05, 0.1) is 50.5 Å². The smallest absolute Gasteiger partial charge is 0.322 e. The van der Waals surface area contributed by atoms with E-state index in [1.165, 1.54) is 12.0 Å². The Morgan fingerprint density at radius 1 is 1.13 bits per heavy atom. The van der Waals surface area contributed by atoms with Crippen molar-refractivity contribution in [1.82, 2.24) is 14.5 Å². The van der Waals surface area contributed by atoms with Gasteiger partial charge in [-0.1, -0.05) is 12.1 Å². The first-order valence-corrected chi connectivity index (χ1v) is 9.70. The fourth-order valence-corrected chi connectivity index (χ4v) is 3.15. The van der Waals surface area contributed by atoms with Crippen molar-refractivity contribution in [3.63, 3.8) is 0 Å². The molecule has 0 aliphatic carbocycles. The van der Waals surface area contributed by atoms with Gasteiger partial charge < -0.3 is 24.4 Å². The molecule has 3 aromatic rings. The SMILES string of the molecule is COCCn1c(CN(C)C(=O)Nc2cc(OC)ccc2OC)nc2ccccc2c1=O. The number of hydrogen-bond acceptors (Lipinski definition) is 6. The number of urea groups is 1. The lowest BCUT2D eigenvalue weighted by molar-refractivity contribution is 0.183. The van der Waals surface area contributed by atoms with E-state index in [0.29, 0.717) is 47.1 Å². The Labute approximate surface area is 180 Å².